The minimum atomic E-state index is -0.843. The van der Waals surface area contributed by atoms with Crippen LogP contribution in [0.25, 0.3) is 10.9 Å². The van der Waals surface area contributed by atoms with Gasteiger partial charge in [-0.3, -0.25) is 9.78 Å². The summed E-state index contributed by atoms with van der Waals surface area (Å²) in [5.74, 6) is -0.460. The highest BCUT2D eigenvalue weighted by Crippen LogP contribution is 2.21. The zero-order valence-electron chi connectivity index (χ0n) is 14.8. The van der Waals surface area contributed by atoms with E-state index in [4.69, 9.17) is 4.74 Å². The molecular weight excluding hydrogens is 304 g/mol. The van der Waals surface area contributed by atoms with Gasteiger partial charge in [-0.1, -0.05) is 25.5 Å². The van der Waals surface area contributed by atoms with Crippen LogP contribution in [0.4, 0.5) is 0 Å². The third kappa shape index (κ3) is 4.31. The molecule has 1 aromatic heterocycles. The lowest BCUT2D eigenvalue weighted by Gasteiger charge is -2.15. The summed E-state index contributed by atoms with van der Waals surface area (Å²) < 4.78 is 5.35. The van der Waals surface area contributed by atoms with Crippen molar-refractivity contribution in [2.45, 2.75) is 40.7 Å². The van der Waals surface area contributed by atoms with Gasteiger partial charge in [-0.25, -0.2) is 4.79 Å². The fourth-order valence-corrected chi connectivity index (χ4v) is 2.37. The second-order valence-electron chi connectivity index (χ2n) is 6.52. The Hall–Kier alpha value is -2.43. The molecule has 1 heterocycles. The Morgan fingerprint density at radius 2 is 1.88 bits per heavy atom. The van der Waals surface area contributed by atoms with Crippen LogP contribution in [0.5, 0.6) is 0 Å². The standard InChI is InChI=1S/C19H24N2O3/c1-11(2)10-20-18(22)14(5)24-19(23)16-9-13(4)21-17-7-6-12(3)8-15(16)17/h6-9,11,14H,10H2,1-5H3,(H,20,22)/t14-/m0/s1. The summed E-state index contributed by atoms with van der Waals surface area (Å²) in [6, 6.07) is 7.43. The first-order valence-electron chi connectivity index (χ1n) is 8.14. The van der Waals surface area contributed by atoms with E-state index < -0.39 is 12.1 Å². The van der Waals surface area contributed by atoms with Gasteiger partial charge in [0.05, 0.1) is 11.1 Å². The molecule has 0 aliphatic rings. The number of aryl methyl sites for hydroxylation is 2. The molecule has 0 saturated heterocycles. The van der Waals surface area contributed by atoms with Crippen LogP contribution < -0.4 is 5.32 Å². The Labute approximate surface area is 142 Å². The van der Waals surface area contributed by atoms with Crippen LogP contribution >= 0.6 is 0 Å². The molecule has 0 unspecified atom stereocenters. The first kappa shape index (κ1) is 17.9. The number of hydrogen-bond acceptors (Lipinski definition) is 4. The van der Waals surface area contributed by atoms with Gasteiger partial charge in [-0.05, 0) is 44.9 Å². The number of carbonyl (C=O) groups is 2. The lowest BCUT2D eigenvalue weighted by atomic mass is 10.1. The zero-order valence-corrected chi connectivity index (χ0v) is 14.8. The molecule has 0 spiro atoms. The monoisotopic (exact) mass is 328 g/mol. The lowest BCUT2D eigenvalue weighted by molar-refractivity contribution is -0.129. The second-order valence-corrected chi connectivity index (χ2v) is 6.52. The Kier molecular flexibility index (Phi) is 5.54. The third-order valence-corrected chi connectivity index (χ3v) is 3.65. The number of rotatable bonds is 5. The zero-order chi connectivity index (χ0) is 17.9. The normalized spacial score (nSPS) is 12.2. The number of nitrogens with one attached hydrogen (secondary N) is 1. The summed E-state index contributed by atoms with van der Waals surface area (Å²) in [5, 5.41) is 3.50. The highest BCUT2D eigenvalue weighted by molar-refractivity contribution is 6.04. The summed E-state index contributed by atoms with van der Waals surface area (Å²) in [6.07, 6.45) is -0.843. The molecule has 5 heteroatoms. The minimum absolute atomic E-state index is 0.289. The number of aromatic nitrogens is 1. The summed E-state index contributed by atoms with van der Waals surface area (Å²) >= 11 is 0. The average molecular weight is 328 g/mol. The molecule has 1 N–H and O–H groups in total. The van der Waals surface area contributed by atoms with E-state index >= 15 is 0 Å². The largest absolute Gasteiger partial charge is 0.449 e. The summed E-state index contributed by atoms with van der Waals surface area (Å²) in [4.78, 5) is 29.0. The van der Waals surface area contributed by atoms with E-state index in [0.717, 1.165) is 22.2 Å². The van der Waals surface area contributed by atoms with Gasteiger partial charge in [0.25, 0.3) is 5.91 Å². The number of benzene rings is 1. The van der Waals surface area contributed by atoms with Crippen LogP contribution in [-0.2, 0) is 9.53 Å². The van der Waals surface area contributed by atoms with Gasteiger partial charge in [0.15, 0.2) is 6.10 Å². The van der Waals surface area contributed by atoms with E-state index in [9.17, 15) is 9.59 Å². The molecule has 128 valence electrons. The number of ether oxygens (including phenoxy) is 1. The van der Waals surface area contributed by atoms with E-state index in [1.54, 1.807) is 13.0 Å². The molecule has 0 saturated carbocycles. The molecule has 0 aliphatic carbocycles. The number of pyridine rings is 1. The van der Waals surface area contributed by atoms with Gasteiger partial charge in [0.2, 0.25) is 0 Å². The highest BCUT2D eigenvalue weighted by atomic mass is 16.5. The fourth-order valence-electron chi connectivity index (χ4n) is 2.37. The Morgan fingerprint density at radius 3 is 2.54 bits per heavy atom. The average Bonchev–Trinajstić information content (AvgIpc) is 2.51. The molecule has 2 rings (SSSR count). The van der Waals surface area contributed by atoms with Gasteiger partial charge < -0.3 is 10.1 Å². The maximum Gasteiger partial charge on any atom is 0.339 e. The molecular formula is C19H24N2O3. The molecule has 0 aliphatic heterocycles. The van der Waals surface area contributed by atoms with Crippen LogP contribution in [-0.4, -0.2) is 29.5 Å². The Bertz CT molecular complexity index is 769. The molecule has 2 aromatic rings. The fraction of sp³-hybridized carbons (Fsp3) is 0.421. The Morgan fingerprint density at radius 1 is 1.17 bits per heavy atom. The minimum Gasteiger partial charge on any atom is -0.449 e. The van der Waals surface area contributed by atoms with Crippen LogP contribution in [0.15, 0.2) is 24.3 Å². The van der Waals surface area contributed by atoms with Crippen molar-refractivity contribution in [2.24, 2.45) is 5.92 Å². The first-order chi connectivity index (χ1) is 11.3. The topological polar surface area (TPSA) is 68.3 Å². The first-order valence-corrected chi connectivity index (χ1v) is 8.14. The van der Waals surface area contributed by atoms with Crippen molar-refractivity contribution in [3.63, 3.8) is 0 Å². The number of carbonyl (C=O) groups excluding carboxylic acids is 2. The van der Waals surface area contributed by atoms with Crippen molar-refractivity contribution in [2.75, 3.05) is 6.54 Å². The van der Waals surface area contributed by atoms with Gasteiger partial charge in [-0.2, -0.15) is 0 Å². The summed E-state index contributed by atoms with van der Waals surface area (Å²) in [7, 11) is 0. The van der Waals surface area contributed by atoms with E-state index in [1.165, 1.54) is 0 Å². The predicted octanol–water partition coefficient (Wildman–Crippen LogP) is 3.17. The lowest BCUT2D eigenvalue weighted by Crippen LogP contribution is -2.37. The number of amides is 1. The maximum atomic E-state index is 12.5. The Balaban J connectivity index is 2.22. The second kappa shape index (κ2) is 7.43. The van der Waals surface area contributed by atoms with Gasteiger partial charge in [-0.15, -0.1) is 0 Å². The number of nitrogens with zero attached hydrogens (tertiary/aromatic N) is 1. The molecule has 1 atom stereocenters. The van der Waals surface area contributed by atoms with Crippen molar-refractivity contribution in [1.29, 1.82) is 0 Å². The summed E-state index contributed by atoms with van der Waals surface area (Å²) in [6.45, 7) is 9.92. The van der Waals surface area contributed by atoms with Crippen LogP contribution in [0.1, 0.15) is 42.4 Å². The molecule has 0 bridgehead atoms. The third-order valence-electron chi connectivity index (χ3n) is 3.65. The van der Waals surface area contributed by atoms with Crippen molar-refractivity contribution < 1.29 is 14.3 Å². The van der Waals surface area contributed by atoms with Crippen LogP contribution in [0.2, 0.25) is 0 Å². The van der Waals surface area contributed by atoms with E-state index in [1.807, 2.05) is 45.9 Å². The van der Waals surface area contributed by atoms with Crippen LogP contribution in [0, 0.1) is 19.8 Å². The number of fused-ring (bicyclic) bond motifs is 1. The van der Waals surface area contributed by atoms with Gasteiger partial charge in [0.1, 0.15) is 0 Å². The predicted molar refractivity (Wildman–Crippen MR) is 93.9 cm³/mol. The molecule has 24 heavy (non-hydrogen) atoms. The molecule has 0 fully saturated rings. The van der Waals surface area contributed by atoms with E-state index in [2.05, 4.69) is 10.3 Å². The van der Waals surface area contributed by atoms with Crippen molar-refractivity contribution in [3.05, 3.63) is 41.1 Å². The van der Waals surface area contributed by atoms with E-state index in [0.29, 0.717) is 18.0 Å². The van der Waals surface area contributed by atoms with Gasteiger partial charge in [0, 0.05) is 17.6 Å². The SMILES string of the molecule is Cc1ccc2nc(C)cc(C(=O)O[C@@H](C)C(=O)NCC(C)C)c2c1. The molecule has 0 radical (unpaired) electrons. The van der Waals surface area contributed by atoms with Crippen molar-refractivity contribution >= 4 is 22.8 Å². The van der Waals surface area contributed by atoms with Crippen molar-refractivity contribution in [3.8, 4) is 0 Å². The highest BCUT2D eigenvalue weighted by Gasteiger charge is 2.21. The van der Waals surface area contributed by atoms with Crippen LogP contribution in [0.3, 0.4) is 0 Å². The van der Waals surface area contributed by atoms with Crippen molar-refractivity contribution in [1.82, 2.24) is 10.3 Å². The molecule has 1 aromatic carbocycles. The number of hydrogen-bond donors (Lipinski definition) is 1. The number of esters is 1. The molecule has 1 amide bonds. The quantitative estimate of drug-likeness (QED) is 0.856. The van der Waals surface area contributed by atoms with E-state index in [-0.39, 0.29) is 5.91 Å². The maximum absolute atomic E-state index is 12.5. The summed E-state index contributed by atoms with van der Waals surface area (Å²) in [5.41, 5.74) is 2.94. The smallest absolute Gasteiger partial charge is 0.339 e. The van der Waals surface area contributed by atoms with Gasteiger partial charge >= 0.3 is 5.97 Å². The molecule has 5 nitrogen and oxygen atoms in total.